The SMILES string of the molecule is COc1cc(C=C2SC(N3CC[NH+](c4ccccc4C)CC3)=NC2=O)ccc1[O-]. The van der Waals surface area contributed by atoms with E-state index in [2.05, 4.69) is 41.1 Å². The van der Waals surface area contributed by atoms with E-state index in [1.807, 2.05) is 0 Å². The highest BCUT2D eigenvalue weighted by atomic mass is 32.2. The summed E-state index contributed by atoms with van der Waals surface area (Å²) >= 11 is 1.40. The Hall–Kier alpha value is -2.77. The van der Waals surface area contributed by atoms with Crippen molar-refractivity contribution < 1.29 is 19.5 Å². The first-order valence-electron chi connectivity index (χ1n) is 9.58. The minimum Gasteiger partial charge on any atom is -0.870 e. The third kappa shape index (κ3) is 4.16. The average molecular weight is 410 g/mol. The molecule has 2 heterocycles. The maximum atomic E-state index is 12.4. The van der Waals surface area contributed by atoms with Gasteiger partial charge in [-0.3, -0.25) is 9.69 Å². The average Bonchev–Trinajstić information content (AvgIpc) is 3.10. The van der Waals surface area contributed by atoms with E-state index in [4.69, 9.17) is 4.74 Å². The van der Waals surface area contributed by atoms with Crippen LogP contribution in [0, 0.1) is 6.92 Å². The molecule has 6 nitrogen and oxygen atoms in total. The third-order valence-corrected chi connectivity index (χ3v) is 6.30. The zero-order valence-corrected chi connectivity index (χ0v) is 17.3. The quantitative estimate of drug-likeness (QED) is 0.780. The summed E-state index contributed by atoms with van der Waals surface area (Å²) in [5.74, 6) is -0.138. The molecule has 7 heteroatoms. The second-order valence-electron chi connectivity index (χ2n) is 7.13. The summed E-state index contributed by atoms with van der Waals surface area (Å²) in [5, 5.41) is 12.4. The van der Waals surface area contributed by atoms with Gasteiger partial charge in [0.05, 0.1) is 38.2 Å². The van der Waals surface area contributed by atoms with Crippen molar-refractivity contribution in [2.45, 2.75) is 6.92 Å². The van der Waals surface area contributed by atoms with Gasteiger partial charge in [0.25, 0.3) is 5.91 Å². The van der Waals surface area contributed by atoms with Gasteiger partial charge in [0.1, 0.15) is 11.4 Å². The minimum absolute atomic E-state index is 0.175. The molecule has 4 rings (SSSR count). The summed E-state index contributed by atoms with van der Waals surface area (Å²) < 4.78 is 5.08. The smallest absolute Gasteiger partial charge is 0.286 e. The molecule has 0 aliphatic carbocycles. The molecule has 1 amide bonds. The van der Waals surface area contributed by atoms with Crippen LogP contribution in [0.5, 0.6) is 11.5 Å². The molecule has 150 valence electrons. The van der Waals surface area contributed by atoms with Crippen molar-refractivity contribution in [2.24, 2.45) is 4.99 Å². The number of carbonyl (C=O) groups is 1. The molecule has 0 atom stereocenters. The Morgan fingerprint density at radius 1 is 1.21 bits per heavy atom. The molecule has 29 heavy (non-hydrogen) atoms. The first-order chi connectivity index (χ1) is 14.0. The number of piperazine rings is 1. The van der Waals surface area contributed by atoms with Crippen LogP contribution in [-0.4, -0.2) is 49.3 Å². The van der Waals surface area contributed by atoms with Crippen LogP contribution in [0.25, 0.3) is 6.08 Å². The van der Waals surface area contributed by atoms with Crippen molar-refractivity contribution in [1.82, 2.24) is 4.90 Å². The number of ether oxygens (including phenoxy) is 1. The zero-order chi connectivity index (χ0) is 20.4. The van der Waals surface area contributed by atoms with Crippen LogP contribution in [-0.2, 0) is 4.79 Å². The summed E-state index contributed by atoms with van der Waals surface area (Å²) in [4.78, 5) is 20.9. The second kappa shape index (κ2) is 8.31. The summed E-state index contributed by atoms with van der Waals surface area (Å²) in [5.41, 5.74) is 3.41. The molecule has 0 saturated carbocycles. The molecule has 0 unspecified atom stereocenters. The topological polar surface area (TPSA) is 69.4 Å². The van der Waals surface area contributed by atoms with Gasteiger partial charge in [0.2, 0.25) is 0 Å². The van der Waals surface area contributed by atoms with E-state index in [1.165, 1.54) is 41.1 Å². The Bertz CT molecular complexity index is 995. The van der Waals surface area contributed by atoms with Gasteiger partial charge in [-0.15, -0.1) is 0 Å². The molecular formula is C22H23N3O3S. The van der Waals surface area contributed by atoms with Crippen molar-refractivity contribution in [1.29, 1.82) is 0 Å². The van der Waals surface area contributed by atoms with Crippen molar-refractivity contribution in [3.63, 3.8) is 0 Å². The van der Waals surface area contributed by atoms with Gasteiger partial charge in [-0.2, -0.15) is 4.99 Å². The molecule has 1 saturated heterocycles. The highest BCUT2D eigenvalue weighted by molar-refractivity contribution is 8.18. The minimum atomic E-state index is -0.233. The van der Waals surface area contributed by atoms with E-state index in [0.717, 1.165) is 36.9 Å². The molecule has 2 aromatic carbocycles. The number of nitrogens with one attached hydrogen (secondary N) is 1. The molecule has 1 fully saturated rings. The Balaban J connectivity index is 1.42. The maximum Gasteiger partial charge on any atom is 0.286 e. The van der Waals surface area contributed by atoms with Crippen molar-refractivity contribution in [3.8, 4) is 11.5 Å². The maximum absolute atomic E-state index is 12.4. The Morgan fingerprint density at radius 2 is 1.97 bits per heavy atom. The van der Waals surface area contributed by atoms with Crippen molar-refractivity contribution in [3.05, 3.63) is 58.5 Å². The number of aryl methyl sites for hydroxylation is 1. The van der Waals surface area contributed by atoms with E-state index >= 15 is 0 Å². The van der Waals surface area contributed by atoms with Gasteiger partial charge in [0, 0.05) is 5.56 Å². The Labute approximate surface area is 174 Å². The number of carbonyl (C=O) groups excluding carboxylic acids is 1. The molecule has 2 aliphatic rings. The fourth-order valence-electron chi connectivity index (χ4n) is 3.67. The number of nitrogens with zero attached hydrogens (tertiary/aromatic N) is 2. The first kappa shape index (κ1) is 19.5. The lowest BCUT2D eigenvalue weighted by Crippen LogP contribution is -3.10. The van der Waals surface area contributed by atoms with Gasteiger partial charge in [-0.05, 0) is 42.5 Å². The third-order valence-electron chi connectivity index (χ3n) is 5.26. The molecule has 2 aliphatic heterocycles. The molecule has 0 aromatic heterocycles. The normalized spacial score (nSPS) is 19.0. The fourth-order valence-corrected chi connectivity index (χ4v) is 4.63. The Morgan fingerprint density at radius 3 is 2.69 bits per heavy atom. The number of thioether (sulfide) groups is 1. The van der Waals surface area contributed by atoms with E-state index < -0.39 is 0 Å². The number of quaternary nitrogens is 1. The number of amides is 1. The molecular weight excluding hydrogens is 386 g/mol. The summed E-state index contributed by atoms with van der Waals surface area (Å²) in [7, 11) is 1.46. The predicted octanol–water partition coefficient (Wildman–Crippen LogP) is 1.58. The number of amidine groups is 1. The first-order valence-corrected chi connectivity index (χ1v) is 10.4. The van der Waals surface area contributed by atoms with E-state index in [9.17, 15) is 9.90 Å². The highest BCUT2D eigenvalue weighted by Gasteiger charge is 2.30. The van der Waals surface area contributed by atoms with Crippen LogP contribution < -0.4 is 14.7 Å². The molecule has 2 aromatic rings. The number of aliphatic imine (C=N–C) groups is 1. The second-order valence-corrected chi connectivity index (χ2v) is 8.14. The Kier molecular flexibility index (Phi) is 5.60. The highest BCUT2D eigenvalue weighted by Crippen LogP contribution is 2.32. The predicted molar refractivity (Wildman–Crippen MR) is 114 cm³/mol. The van der Waals surface area contributed by atoms with Crippen LogP contribution in [0.2, 0.25) is 0 Å². The summed E-state index contributed by atoms with van der Waals surface area (Å²) in [6, 6.07) is 13.3. The number of benzene rings is 2. The summed E-state index contributed by atoms with van der Waals surface area (Å²) in [6.45, 7) is 5.80. The standard InChI is InChI=1S/C22H23N3O3S/c1-15-5-3-4-6-17(15)24-9-11-25(12-10-24)22-23-21(27)20(29-22)14-16-7-8-18(26)19(13-16)28-2/h3-8,13-14,26H,9-12H2,1-2H3. The van der Waals surface area contributed by atoms with Crippen molar-refractivity contribution >= 4 is 34.6 Å². The van der Waals surface area contributed by atoms with Crippen LogP contribution in [0.1, 0.15) is 11.1 Å². The van der Waals surface area contributed by atoms with E-state index in [-0.39, 0.29) is 17.4 Å². The molecule has 0 bridgehead atoms. The monoisotopic (exact) mass is 409 g/mol. The largest absolute Gasteiger partial charge is 0.870 e. The fraction of sp³-hybridized carbons (Fsp3) is 0.273. The van der Waals surface area contributed by atoms with Gasteiger partial charge >= 0.3 is 0 Å². The van der Waals surface area contributed by atoms with Crippen LogP contribution in [0.4, 0.5) is 5.69 Å². The van der Waals surface area contributed by atoms with Crippen molar-refractivity contribution in [2.75, 3.05) is 33.3 Å². The molecule has 0 radical (unpaired) electrons. The van der Waals surface area contributed by atoms with E-state index in [1.54, 1.807) is 18.2 Å². The van der Waals surface area contributed by atoms with Crippen LogP contribution in [0.15, 0.2) is 52.4 Å². The lowest BCUT2D eigenvalue weighted by atomic mass is 10.1. The lowest BCUT2D eigenvalue weighted by molar-refractivity contribution is -0.837. The number of methoxy groups -OCH3 is 1. The van der Waals surface area contributed by atoms with Gasteiger partial charge in [-0.1, -0.05) is 36.1 Å². The molecule has 0 spiro atoms. The zero-order valence-electron chi connectivity index (χ0n) is 16.5. The number of para-hydroxylation sites is 1. The van der Waals surface area contributed by atoms with Gasteiger partial charge in [-0.25, -0.2) is 0 Å². The van der Waals surface area contributed by atoms with Gasteiger partial charge < -0.3 is 14.7 Å². The number of rotatable bonds is 3. The van der Waals surface area contributed by atoms with Gasteiger partial charge in [0.15, 0.2) is 5.17 Å². The molecule has 1 N–H and O–H groups in total. The lowest BCUT2D eigenvalue weighted by Gasteiger charge is -2.33. The van der Waals surface area contributed by atoms with Crippen LogP contribution in [0.3, 0.4) is 0 Å². The summed E-state index contributed by atoms with van der Waals surface area (Å²) in [6.07, 6.45) is 1.76. The number of hydrogen-bond donors (Lipinski definition) is 1. The number of hydrogen-bond acceptors (Lipinski definition) is 5. The van der Waals surface area contributed by atoms with Crippen LogP contribution >= 0.6 is 11.8 Å². The van der Waals surface area contributed by atoms with E-state index in [0.29, 0.717) is 4.91 Å².